The Labute approximate surface area is 143 Å². The van der Waals surface area contributed by atoms with Crippen LogP contribution in [0.1, 0.15) is 5.82 Å². The largest absolute Gasteiger partial charge is 0.446 e. The molecule has 10 heteroatoms. The van der Waals surface area contributed by atoms with Crippen molar-refractivity contribution in [2.24, 2.45) is 0 Å². The lowest BCUT2D eigenvalue weighted by Gasteiger charge is -2.06. The lowest BCUT2D eigenvalue weighted by atomic mass is 10.2. The number of fused-ring (bicyclic) bond motifs is 1. The summed E-state index contributed by atoms with van der Waals surface area (Å²) in [5.41, 5.74) is 1.59. The van der Waals surface area contributed by atoms with Gasteiger partial charge >= 0.3 is 5.76 Å². The second-order valence-electron chi connectivity index (χ2n) is 5.10. The average molecular weight is 362 g/mol. The maximum absolute atomic E-state index is 13.4. The molecular weight excluding hydrogens is 353 g/mol. The minimum absolute atomic E-state index is 0.138. The van der Waals surface area contributed by atoms with Crippen molar-refractivity contribution in [2.75, 3.05) is 0 Å². The Kier molecular flexibility index (Phi) is 3.59. The van der Waals surface area contributed by atoms with Crippen molar-refractivity contribution in [1.29, 1.82) is 0 Å². The molecule has 0 spiro atoms. The van der Waals surface area contributed by atoms with Crippen LogP contribution in [0.25, 0.3) is 28.2 Å². The lowest BCUT2D eigenvalue weighted by molar-refractivity contribution is 0.273. The van der Waals surface area contributed by atoms with Crippen molar-refractivity contribution in [2.45, 2.75) is 6.61 Å². The molecule has 8 nitrogen and oxygen atoms in total. The molecule has 3 heterocycles. The van der Waals surface area contributed by atoms with Crippen LogP contribution in [-0.4, -0.2) is 29.8 Å². The minimum atomic E-state index is -0.760. The summed E-state index contributed by atoms with van der Waals surface area (Å²) in [5.74, 6) is -0.890. The van der Waals surface area contributed by atoms with E-state index in [-0.39, 0.29) is 17.5 Å². The van der Waals surface area contributed by atoms with E-state index in [0.29, 0.717) is 28.2 Å². The van der Waals surface area contributed by atoms with E-state index >= 15 is 0 Å². The highest BCUT2D eigenvalue weighted by molar-refractivity contribution is 6.30. The molecule has 0 saturated heterocycles. The Bertz CT molecular complexity index is 1150. The highest BCUT2D eigenvalue weighted by Gasteiger charge is 2.19. The first-order valence-electron chi connectivity index (χ1n) is 7.07. The topological polar surface area (TPSA) is 110 Å². The molecule has 1 aromatic carbocycles. The van der Waals surface area contributed by atoms with Crippen LogP contribution in [-0.2, 0) is 6.61 Å². The van der Waals surface area contributed by atoms with E-state index in [1.54, 1.807) is 6.07 Å². The Morgan fingerprint density at radius 2 is 2.20 bits per heavy atom. The van der Waals surface area contributed by atoms with Crippen LogP contribution in [0, 0.1) is 5.82 Å². The predicted molar refractivity (Wildman–Crippen MR) is 85.9 cm³/mol. The highest BCUT2D eigenvalue weighted by atomic mass is 35.5. The first-order valence-corrected chi connectivity index (χ1v) is 7.45. The van der Waals surface area contributed by atoms with Gasteiger partial charge in [0.25, 0.3) is 0 Å². The zero-order valence-electron chi connectivity index (χ0n) is 12.4. The molecular formula is C15H9ClFN5O3. The van der Waals surface area contributed by atoms with Crippen LogP contribution >= 0.6 is 11.6 Å². The fourth-order valence-corrected chi connectivity index (χ4v) is 2.67. The average Bonchev–Trinajstić information content (AvgIpc) is 3.20. The number of imidazole rings is 1. The Balaban J connectivity index is 1.98. The van der Waals surface area contributed by atoms with Gasteiger partial charge in [-0.25, -0.2) is 23.7 Å². The Hall–Kier alpha value is -3.04. The van der Waals surface area contributed by atoms with Crippen LogP contribution < -0.4 is 5.76 Å². The molecule has 126 valence electrons. The molecule has 0 saturated carbocycles. The monoisotopic (exact) mass is 361 g/mol. The SMILES string of the molecule is O=c1onc(-c2ccnc3nc(CO)[nH]c23)n1-c1ccc(F)c(Cl)c1. The molecule has 4 aromatic rings. The second kappa shape index (κ2) is 5.80. The second-order valence-corrected chi connectivity index (χ2v) is 5.51. The van der Waals surface area contributed by atoms with Gasteiger partial charge in [0.1, 0.15) is 18.2 Å². The molecule has 4 rings (SSSR count). The molecule has 25 heavy (non-hydrogen) atoms. The third-order valence-electron chi connectivity index (χ3n) is 3.60. The van der Waals surface area contributed by atoms with E-state index in [2.05, 4.69) is 20.1 Å². The number of aliphatic hydroxyl groups excluding tert-OH is 1. The van der Waals surface area contributed by atoms with Crippen molar-refractivity contribution in [3.8, 4) is 17.1 Å². The molecule has 0 aliphatic rings. The van der Waals surface area contributed by atoms with E-state index in [0.717, 1.165) is 10.6 Å². The zero-order chi connectivity index (χ0) is 17.6. The maximum Gasteiger partial charge on any atom is 0.446 e. The van der Waals surface area contributed by atoms with Crippen molar-refractivity contribution in [3.63, 3.8) is 0 Å². The van der Waals surface area contributed by atoms with Gasteiger partial charge < -0.3 is 10.1 Å². The van der Waals surface area contributed by atoms with Gasteiger partial charge in [0.15, 0.2) is 11.5 Å². The summed E-state index contributed by atoms with van der Waals surface area (Å²) >= 11 is 5.80. The Morgan fingerprint density at radius 3 is 2.96 bits per heavy atom. The number of nitrogens with zero attached hydrogens (tertiary/aromatic N) is 4. The summed E-state index contributed by atoms with van der Waals surface area (Å²) in [6, 6.07) is 5.43. The van der Waals surface area contributed by atoms with Crippen molar-refractivity contribution in [3.05, 3.63) is 57.7 Å². The van der Waals surface area contributed by atoms with Gasteiger partial charge in [-0.05, 0) is 24.3 Å². The third kappa shape index (κ3) is 2.49. The number of halogens is 2. The maximum atomic E-state index is 13.4. The highest BCUT2D eigenvalue weighted by Crippen LogP contribution is 2.27. The van der Waals surface area contributed by atoms with Crippen molar-refractivity contribution in [1.82, 2.24) is 24.7 Å². The van der Waals surface area contributed by atoms with Gasteiger partial charge in [-0.2, -0.15) is 0 Å². The third-order valence-corrected chi connectivity index (χ3v) is 3.89. The number of benzene rings is 1. The molecule has 0 amide bonds. The Morgan fingerprint density at radius 1 is 1.36 bits per heavy atom. The van der Waals surface area contributed by atoms with Gasteiger partial charge in [0.05, 0.1) is 21.8 Å². The molecule has 0 fully saturated rings. The van der Waals surface area contributed by atoms with E-state index in [1.165, 1.54) is 18.3 Å². The van der Waals surface area contributed by atoms with E-state index < -0.39 is 11.6 Å². The minimum Gasteiger partial charge on any atom is -0.388 e. The summed E-state index contributed by atoms with van der Waals surface area (Å²) in [5, 5.41) is 12.9. The normalized spacial score (nSPS) is 11.3. The standard InChI is InChI=1S/C15H9ClFN5O3/c16-9-5-7(1-2-10(9)17)22-14(21-25-15(22)24)8-3-4-18-13-12(8)19-11(6-23)20-13/h1-5,23H,6H2,(H,18,19,20). The van der Waals surface area contributed by atoms with Gasteiger partial charge in [0, 0.05) is 6.20 Å². The number of hydrogen-bond donors (Lipinski definition) is 2. The summed E-state index contributed by atoms with van der Waals surface area (Å²) in [4.78, 5) is 23.3. The van der Waals surface area contributed by atoms with Gasteiger partial charge in [-0.15, -0.1) is 0 Å². The smallest absolute Gasteiger partial charge is 0.388 e. The van der Waals surface area contributed by atoms with Crippen molar-refractivity contribution >= 4 is 22.8 Å². The zero-order valence-corrected chi connectivity index (χ0v) is 13.2. The molecule has 0 aliphatic heterocycles. The molecule has 3 aromatic heterocycles. The number of aromatic amines is 1. The molecule has 2 N–H and O–H groups in total. The van der Waals surface area contributed by atoms with E-state index in [4.69, 9.17) is 16.1 Å². The molecule has 0 bridgehead atoms. The number of nitrogens with one attached hydrogen (secondary N) is 1. The summed E-state index contributed by atoms with van der Waals surface area (Å²) in [7, 11) is 0. The number of aliphatic hydroxyl groups is 1. The number of pyridine rings is 1. The molecule has 0 unspecified atom stereocenters. The molecule has 0 aliphatic carbocycles. The summed E-state index contributed by atoms with van der Waals surface area (Å²) in [6.07, 6.45) is 1.49. The van der Waals surface area contributed by atoms with Gasteiger partial charge in [-0.3, -0.25) is 4.52 Å². The number of aromatic nitrogens is 5. The number of H-pyrrole nitrogens is 1. The number of hydrogen-bond acceptors (Lipinski definition) is 6. The van der Waals surface area contributed by atoms with E-state index in [1.807, 2.05) is 0 Å². The lowest BCUT2D eigenvalue weighted by Crippen LogP contribution is -2.13. The van der Waals surface area contributed by atoms with E-state index in [9.17, 15) is 14.3 Å². The van der Waals surface area contributed by atoms with Crippen LogP contribution in [0.5, 0.6) is 0 Å². The predicted octanol–water partition coefficient (Wildman–Crippen LogP) is 2.05. The van der Waals surface area contributed by atoms with Crippen LogP contribution in [0.3, 0.4) is 0 Å². The molecule has 0 radical (unpaired) electrons. The van der Waals surface area contributed by atoms with Gasteiger partial charge in [0.2, 0.25) is 0 Å². The summed E-state index contributed by atoms with van der Waals surface area (Å²) < 4.78 is 19.3. The van der Waals surface area contributed by atoms with Crippen molar-refractivity contribution < 1.29 is 14.0 Å². The first-order chi connectivity index (χ1) is 12.1. The van der Waals surface area contributed by atoms with Gasteiger partial charge in [-0.1, -0.05) is 16.8 Å². The molecule has 0 atom stereocenters. The van der Waals surface area contributed by atoms with Crippen LogP contribution in [0.4, 0.5) is 4.39 Å². The van der Waals surface area contributed by atoms with Crippen LogP contribution in [0.15, 0.2) is 39.8 Å². The fraction of sp³-hybridized carbons (Fsp3) is 0.0667. The quantitative estimate of drug-likeness (QED) is 0.578. The fourth-order valence-electron chi connectivity index (χ4n) is 2.49. The summed E-state index contributed by atoms with van der Waals surface area (Å²) in [6.45, 7) is -0.297. The number of rotatable bonds is 3. The van der Waals surface area contributed by atoms with Crippen LogP contribution in [0.2, 0.25) is 5.02 Å². The first kappa shape index (κ1) is 15.5.